The van der Waals surface area contributed by atoms with Crippen molar-refractivity contribution in [1.82, 2.24) is 15.2 Å². The van der Waals surface area contributed by atoms with Crippen molar-refractivity contribution in [2.24, 2.45) is 5.92 Å². The second-order valence-corrected chi connectivity index (χ2v) is 6.91. The summed E-state index contributed by atoms with van der Waals surface area (Å²) in [5, 5.41) is 3.83. The highest BCUT2D eigenvalue weighted by Crippen LogP contribution is 2.28. The Balaban J connectivity index is 0.00000182. The van der Waals surface area contributed by atoms with Gasteiger partial charge in [-0.1, -0.05) is 23.7 Å². The number of amides is 1. The van der Waals surface area contributed by atoms with Gasteiger partial charge in [-0.25, -0.2) is 4.98 Å². The van der Waals surface area contributed by atoms with E-state index in [0.29, 0.717) is 35.4 Å². The molecule has 0 bridgehead atoms. The van der Waals surface area contributed by atoms with Gasteiger partial charge in [-0.2, -0.15) is 0 Å². The molecule has 0 spiro atoms. The van der Waals surface area contributed by atoms with E-state index in [1.807, 2.05) is 36.2 Å². The first-order chi connectivity index (χ1) is 12.2. The Kier molecular flexibility index (Phi) is 10.2. The smallest absolute Gasteiger partial charge is 0.223 e. The lowest BCUT2D eigenvalue weighted by molar-refractivity contribution is -0.133. The Labute approximate surface area is 177 Å². The van der Waals surface area contributed by atoms with E-state index in [9.17, 15) is 4.79 Å². The highest BCUT2D eigenvalue weighted by atomic mass is 35.5. The summed E-state index contributed by atoms with van der Waals surface area (Å²) in [6.45, 7) is 2.66. The summed E-state index contributed by atoms with van der Waals surface area (Å²) < 4.78 is 5.77. The summed E-state index contributed by atoms with van der Waals surface area (Å²) in [6.07, 6.45) is 4.87. The van der Waals surface area contributed by atoms with Gasteiger partial charge in [0.2, 0.25) is 5.91 Å². The molecule has 1 saturated heterocycles. The number of hydrogen-bond donors (Lipinski definition) is 1. The largest absolute Gasteiger partial charge is 0.441 e. The maximum Gasteiger partial charge on any atom is 0.223 e. The van der Waals surface area contributed by atoms with Crippen LogP contribution in [0.5, 0.6) is 0 Å². The number of carbonyl (C=O) groups is 1. The standard InChI is InChI=1S/C19H24ClN3O2.2ClH/c1-21-11-14-5-4-10-23(13-14)19(24)9-8-18-22-12-17(25-18)15-6-2-3-7-16(15)20;;/h2-3,6-7,12,14,21H,4-5,8-11,13H2,1H3;2*1H. The number of nitrogens with one attached hydrogen (secondary N) is 1. The van der Waals surface area contributed by atoms with Gasteiger partial charge in [0.05, 0.1) is 11.2 Å². The van der Waals surface area contributed by atoms with Crippen molar-refractivity contribution in [3.8, 4) is 11.3 Å². The van der Waals surface area contributed by atoms with Crippen molar-refractivity contribution in [3.63, 3.8) is 0 Å². The first-order valence-electron chi connectivity index (χ1n) is 8.79. The molecule has 1 atom stereocenters. The predicted octanol–water partition coefficient (Wildman–Crippen LogP) is 4.23. The molecule has 1 aromatic heterocycles. The van der Waals surface area contributed by atoms with Crippen LogP contribution in [0.15, 0.2) is 34.9 Å². The summed E-state index contributed by atoms with van der Waals surface area (Å²) >= 11 is 6.18. The summed E-state index contributed by atoms with van der Waals surface area (Å²) in [6, 6.07) is 7.50. The number of nitrogens with zero attached hydrogens (tertiary/aromatic N) is 2. The average Bonchev–Trinajstić information content (AvgIpc) is 3.09. The van der Waals surface area contributed by atoms with Crippen LogP contribution in [0.25, 0.3) is 11.3 Å². The number of oxazole rings is 1. The van der Waals surface area contributed by atoms with Gasteiger partial charge < -0.3 is 14.6 Å². The molecule has 2 aromatic rings. The fourth-order valence-electron chi connectivity index (χ4n) is 3.33. The van der Waals surface area contributed by atoms with Crippen LogP contribution >= 0.6 is 36.4 Å². The number of carbonyl (C=O) groups excluding carboxylic acids is 1. The van der Waals surface area contributed by atoms with Gasteiger partial charge in [0, 0.05) is 31.5 Å². The zero-order chi connectivity index (χ0) is 17.6. The van der Waals surface area contributed by atoms with E-state index in [1.54, 1.807) is 6.20 Å². The summed E-state index contributed by atoms with van der Waals surface area (Å²) in [5.74, 6) is 1.95. The Hall–Kier alpha value is -1.27. The van der Waals surface area contributed by atoms with Crippen LogP contribution in [0.4, 0.5) is 0 Å². The second-order valence-electron chi connectivity index (χ2n) is 6.50. The zero-order valence-corrected chi connectivity index (χ0v) is 17.7. The number of rotatable bonds is 6. The SMILES string of the molecule is CNCC1CCCN(C(=O)CCc2ncc(-c3ccccc3Cl)o2)C1.Cl.Cl. The van der Waals surface area contributed by atoms with Crippen LogP contribution in [0, 0.1) is 5.92 Å². The van der Waals surface area contributed by atoms with Crippen molar-refractivity contribution < 1.29 is 9.21 Å². The first kappa shape index (κ1) is 23.8. The fraction of sp³-hybridized carbons (Fsp3) is 0.474. The maximum atomic E-state index is 12.5. The Morgan fingerprint density at radius 3 is 2.89 bits per heavy atom. The number of aromatic nitrogens is 1. The van der Waals surface area contributed by atoms with E-state index in [1.165, 1.54) is 6.42 Å². The minimum Gasteiger partial charge on any atom is -0.441 e. The van der Waals surface area contributed by atoms with Crippen molar-refractivity contribution in [1.29, 1.82) is 0 Å². The van der Waals surface area contributed by atoms with Gasteiger partial charge in [-0.05, 0) is 44.5 Å². The van der Waals surface area contributed by atoms with Gasteiger partial charge in [-0.3, -0.25) is 4.79 Å². The topological polar surface area (TPSA) is 58.4 Å². The van der Waals surface area contributed by atoms with E-state index in [-0.39, 0.29) is 30.7 Å². The lowest BCUT2D eigenvalue weighted by Crippen LogP contribution is -2.42. The molecule has 150 valence electrons. The van der Waals surface area contributed by atoms with E-state index in [4.69, 9.17) is 16.0 Å². The molecule has 0 radical (unpaired) electrons. The van der Waals surface area contributed by atoms with E-state index < -0.39 is 0 Å². The molecule has 0 saturated carbocycles. The van der Waals surface area contributed by atoms with E-state index in [2.05, 4.69) is 10.3 Å². The molecule has 1 amide bonds. The molecule has 1 unspecified atom stereocenters. The van der Waals surface area contributed by atoms with Gasteiger partial charge in [0.25, 0.3) is 0 Å². The van der Waals surface area contributed by atoms with Crippen molar-refractivity contribution in [2.75, 3.05) is 26.7 Å². The van der Waals surface area contributed by atoms with Gasteiger partial charge in [0.1, 0.15) is 0 Å². The minimum absolute atomic E-state index is 0. The fourth-order valence-corrected chi connectivity index (χ4v) is 3.56. The van der Waals surface area contributed by atoms with Crippen LogP contribution in [-0.4, -0.2) is 42.5 Å². The minimum atomic E-state index is 0. The molecule has 1 aromatic carbocycles. The number of benzene rings is 1. The molecule has 27 heavy (non-hydrogen) atoms. The molecule has 0 aliphatic carbocycles. The monoisotopic (exact) mass is 433 g/mol. The van der Waals surface area contributed by atoms with E-state index in [0.717, 1.165) is 31.6 Å². The number of piperidine rings is 1. The van der Waals surface area contributed by atoms with Crippen LogP contribution in [0.2, 0.25) is 5.02 Å². The molecule has 2 heterocycles. The molecule has 1 N–H and O–H groups in total. The number of hydrogen-bond acceptors (Lipinski definition) is 4. The highest BCUT2D eigenvalue weighted by molar-refractivity contribution is 6.33. The van der Waals surface area contributed by atoms with Crippen LogP contribution in [0.1, 0.15) is 25.2 Å². The van der Waals surface area contributed by atoms with Gasteiger partial charge in [0.15, 0.2) is 11.7 Å². The van der Waals surface area contributed by atoms with E-state index >= 15 is 0 Å². The molecule has 8 heteroatoms. The molecular weight excluding hydrogens is 409 g/mol. The lowest BCUT2D eigenvalue weighted by Gasteiger charge is -2.32. The molecule has 3 rings (SSSR count). The van der Waals surface area contributed by atoms with Gasteiger partial charge in [-0.15, -0.1) is 24.8 Å². The first-order valence-corrected chi connectivity index (χ1v) is 9.17. The lowest BCUT2D eigenvalue weighted by atomic mass is 9.97. The molecule has 1 aliphatic heterocycles. The summed E-state index contributed by atoms with van der Waals surface area (Å²) in [5.41, 5.74) is 0.820. The second kappa shape index (κ2) is 11.5. The number of halogens is 3. The third-order valence-electron chi connectivity index (χ3n) is 4.61. The molecule has 1 fully saturated rings. The molecule has 1 aliphatic rings. The zero-order valence-electron chi connectivity index (χ0n) is 15.3. The quantitative estimate of drug-likeness (QED) is 0.739. The predicted molar refractivity (Wildman–Crippen MR) is 113 cm³/mol. The Morgan fingerprint density at radius 2 is 2.15 bits per heavy atom. The summed E-state index contributed by atoms with van der Waals surface area (Å²) in [7, 11) is 1.96. The number of likely N-dealkylation sites (tertiary alicyclic amines) is 1. The van der Waals surface area contributed by atoms with Crippen LogP contribution in [-0.2, 0) is 11.2 Å². The van der Waals surface area contributed by atoms with Crippen molar-refractivity contribution >= 4 is 42.3 Å². The normalized spacial score (nSPS) is 16.4. The average molecular weight is 435 g/mol. The highest BCUT2D eigenvalue weighted by Gasteiger charge is 2.23. The maximum absolute atomic E-state index is 12.5. The van der Waals surface area contributed by atoms with Crippen molar-refractivity contribution in [2.45, 2.75) is 25.7 Å². The Morgan fingerprint density at radius 1 is 1.37 bits per heavy atom. The van der Waals surface area contributed by atoms with Crippen molar-refractivity contribution in [3.05, 3.63) is 41.4 Å². The summed E-state index contributed by atoms with van der Waals surface area (Å²) in [4.78, 5) is 18.7. The van der Waals surface area contributed by atoms with Crippen LogP contribution < -0.4 is 5.32 Å². The third-order valence-corrected chi connectivity index (χ3v) is 4.94. The Bertz CT molecular complexity index is 722. The molecule has 5 nitrogen and oxygen atoms in total. The van der Waals surface area contributed by atoms with Gasteiger partial charge >= 0.3 is 0 Å². The number of aryl methyl sites for hydroxylation is 1. The molecular formula is C19H26Cl3N3O2. The van der Waals surface area contributed by atoms with Crippen LogP contribution in [0.3, 0.4) is 0 Å². The third kappa shape index (κ3) is 6.39.